The van der Waals surface area contributed by atoms with Crippen LogP contribution in [0.25, 0.3) is 0 Å². The quantitative estimate of drug-likeness (QED) is 0.840. The molecule has 1 aromatic rings. The molecule has 0 saturated heterocycles. The Hall–Kier alpha value is -0.890. The van der Waals surface area contributed by atoms with Gasteiger partial charge in [0.2, 0.25) is 0 Å². The molecule has 1 aliphatic rings. The van der Waals surface area contributed by atoms with E-state index in [0.717, 1.165) is 12.5 Å². The summed E-state index contributed by atoms with van der Waals surface area (Å²) in [6.45, 7) is 10.1. The fraction of sp³-hybridized carbons (Fsp3) is 0.667. The Balaban J connectivity index is 2.16. The Bertz CT molecular complexity index is 384. The zero-order valence-electron chi connectivity index (χ0n) is 11.5. The first-order valence-corrected chi connectivity index (χ1v) is 6.69. The highest BCUT2D eigenvalue weighted by Gasteiger charge is 2.50. The third kappa shape index (κ3) is 2.86. The lowest BCUT2D eigenvalue weighted by Crippen LogP contribution is -2.25. The summed E-state index contributed by atoms with van der Waals surface area (Å²) in [5, 5.41) is 3.69. The third-order valence-corrected chi connectivity index (χ3v) is 3.86. The van der Waals surface area contributed by atoms with Crippen molar-refractivity contribution < 1.29 is 0 Å². The first kappa shape index (κ1) is 12.6. The number of nitrogens with zero attached hydrogens (tertiary/aromatic N) is 1. The summed E-state index contributed by atoms with van der Waals surface area (Å²) in [6.07, 6.45) is 6.46. The van der Waals surface area contributed by atoms with Crippen LogP contribution in [-0.2, 0) is 0 Å². The molecule has 0 spiro atoms. The summed E-state index contributed by atoms with van der Waals surface area (Å²) in [5.74, 6) is 0.762. The average Bonchev–Trinajstić information content (AvgIpc) is 2.88. The molecule has 0 aliphatic heterocycles. The monoisotopic (exact) mass is 232 g/mol. The molecule has 2 atom stereocenters. The molecule has 1 N–H and O–H groups in total. The minimum absolute atomic E-state index is 0.484. The molecular formula is C15H24N2. The molecule has 1 heterocycles. The van der Waals surface area contributed by atoms with Crippen LogP contribution in [0.5, 0.6) is 0 Å². The lowest BCUT2D eigenvalue weighted by atomic mass is 9.97. The topological polar surface area (TPSA) is 24.9 Å². The van der Waals surface area contributed by atoms with Crippen LogP contribution in [0.4, 0.5) is 0 Å². The second-order valence-electron chi connectivity index (χ2n) is 6.03. The predicted octanol–water partition coefficient (Wildman–Crippen LogP) is 3.48. The molecule has 1 saturated carbocycles. The summed E-state index contributed by atoms with van der Waals surface area (Å²) in [5.41, 5.74) is 3.10. The number of aryl methyl sites for hydroxylation is 1. The highest BCUT2D eigenvalue weighted by atomic mass is 14.9. The number of aromatic nitrogens is 1. The molecule has 17 heavy (non-hydrogen) atoms. The maximum Gasteiger partial charge on any atom is 0.0369 e. The van der Waals surface area contributed by atoms with Gasteiger partial charge >= 0.3 is 0 Å². The van der Waals surface area contributed by atoms with Crippen molar-refractivity contribution in [3.05, 3.63) is 29.6 Å². The van der Waals surface area contributed by atoms with E-state index >= 15 is 0 Å². The molecular weight excluding hydrogens is 208 g/mol. The van der Waals surface area contributed by atoms with E-state index in [1.165, 1.54) is 24.0 Å². The molecule has 1 fully saturated rings. The van der Waals surface area contributed by atoms with Gasteiger partial charge < -0.3 is 5.32 Å². The Morgan fingerprint density at radius 3 is 2.71 bits per heavy atom. The minimum Gasteiger partial charge on any atom is -0.310 e. The van der Waals surface area contributed by atoms with Gasteiger partial charge in [-0.25, -0.2) is 0 Å². The van der Waals surface area contributed by atoms with Gasteiger partial charge in [-0.1, -0.05) is 26.8 Å². The normalized spacial score (nSPS) is 23.4. The zero-order chi connectivity index (χ0) is 12.5. The molecule has 2 nitrogen and oxygen atoms in total. The van der Waals surface area contributed by atoms with Crippen LogP contribution in [-0.4, -0.2) is 11.5 Å². The van der Waals surface area contributed by atoms with Gasteiger partial charge in [-0.15, -0.1) is 0 Å². The van der Waals surface area contributed by atoms with E-state index in [2.05, 4.69) is 44.1 Å². The number of hydrogen-bond acceptors (Lipinski definition) is 2. The van der Waals surface area contributed by atoms with E-state index in [-0.39, 0.29) is 0 Å². The summed E-state index contributed by atoms with van der Waals surface area (Å²) in [4.78, 5) is 4.33. The Morgan fingerprint density at radius 1 is 1.47 bits per heavy atom. The standard InChI is InChI=1S/C15H24N2/c1-5-6-17-14(13-8-15(13,3)4)12-7-11(2)9-16-10-12/h7,9-10,13-14,17H,5-6,8H2,1-4H3. The van der Waals surface area contributed by atoms with Crippen LogP contribution in [0, 0.1) is 18.3 Å². The molecule has 0 radical (unpaired) electrons. The van der Waals surface area contributed by atoms with E-state index in [1.807, 2.05) is 12.4 Å². The lowest BCUT2D eigenvalue weighted by molar-refractivity contribution is 0.415. The third-order valence-electron chi connectivity index (χ3n) is 3.86. The molecule has 0 aromatic carbocycles. The molecule has 2 heteroatoms. The molecule has 1 aliphatic carbocycles. The van der Waals surface area contributed by atoms with E-state index < -0.39 is 0 Å². The van der Waals surface area contributed by atoms with E-state index in [0.29, 0.717) is 11.5 Å². The smallest absolute Gasteiger partial charge is 0.0369 e. The Morgan fingerprint density at radius 2 is 2.18 bits per heavy atom. The highest BCUT2D eigenvalue weighted by molar-refractivity contribution is 5.23. The van der Waals surface area contributed by atoms with Gasteiger partial charge in [0.15, 0.2) is 0 Å². The van der Waals surface area contributed by atoms with Gasteiger partial charge in [-0.05, 0) is 48.8 Å². The second kappa shape index (κ2) is 4.77. The van der Waals surface area contributed by atoms with Gasteiger partial charge in [0.1, 0.15) is 0 Å². The zero-order valence-corrected chi connectivity index (χ0v) is 11.5. The van der Waals surface area contributed by atoms with Crippen molar-refractivity contribution in [1.29, 1.82) is 0 Å². The van der Waals surface area contributed by atoms with Gasteiger partial charge in [0.25, 0.3) is 0 Å². The van der Waals surface area contributed by atoms with Gasteiger partial charge in [-0.3, -0.25) is 4.98 Å². The summed E-state index contributed by atoms with van der Waals surface area (Å²) in [7, 11) is 0. The van der Waals surface area contributed by atoms with Crippen LogP contribution in [0.3, 0.4) is 0 Å². The molecule has 94 valence electrons. The summed E-state index contributed by atoms with van der Waals surface area (Å²) < 4.78 is 0. The Kier molecular flexibility index (Phi) is 3.53. The second-order valence-corrected chi connectivity index (χ2v) is 6.03. The van der Waals surface area contributed by atoms with Crippen molar-refractivity contribution in [3.63, 3.8) is 0 Å². The minimum atomic E-state index is 0.484. The molecule has 0 bridgehead atoms. The molecule has 2 unspecified atom stereocenters. The lowest BCUT2D eigenvalue weighted by Gasteiger charge is -2.20. The molecule has 2 rings (SSSR count). The van der Waals surface area contributed by atoms with Crippen molar-refractivity contribution in [2.45, 2.75) is 46.6 Å². The van der Waals surface area contributed by atoms with Crippen molar-refractivity contribution in [3.8, 4) is 0 Å². The van der Waals surface area contributed by atoms with Gasteiger partial charge in [0, 0.05) is 18.4 Å². The maximum absolute atomic E-state index is 4.33. The number of pyridine rings is 1. The van der Waals surface area contributed by atoms with Crippen molar-refractivity contribution in [2.75, 3.05) is 6.54 Å². The fourth-order valence-corrected chi connectivity index (χ4v) is 2.62. The van der Waals surface area contributed by atoms with Crippen LogP contribution in [0.2, 0.25) is 0 Å². The van der Waals surface area contributed by atoms with E-state index in [4.69, 9.17) is 0 Å². The predicted molar refractivity (Wildman–Crippen MR) is 71.9 cm³/mol. The van der Waals surface area contributed by atoms with E-state index in [1.54, 1.807) is 0 Å². The highest BCUT2D eigenvalue weighted by Crippen LogP contribution is 2.57. The van der Waals surface area contributed by atoms with Gasteiger partial charge in [-0.2, -0.15) is 0 Å². The Labute approximate surface area is 105 Å². The van der Waals surface area contributed by atoms with Crippen LogP contribution >= 0.6 is 0 Å². The molecule has 1 aromatic heterocycles. The first-order valence-electron chi connectivity index (χ1n) is 6.69. The number of rotatable bonds is 5. The molecule has 0 amide bonds. The van der Waals surface area contributed by atoms with Crippen molar-refractivity contribution >= 4 is 0 Å². The van der Waals surface area contributed by atoms with E-state index in [9.17, 15) is 0 Å². The number of nitrogens with one attached hydrogen (secondary N) is 1. The summed E-state index contributed by atoms with van der Waals surface area (Å²) in [6, 6.07) is 2.76. The van der Waals surface area contributed by atoms with Gasteiger partial charge in [0.05, 0.1) is 0 Å². The average molecular weight is 232 g/mol. The maximum atomic E-state index is 4.33. The first-order chi connectivity index (χ1) is 8.04. The van der Waals surface area contributed by atoms with Crippen LogP contribution < -0.4 is 5.32 Å². The largest absolute Gasteiger partial charge is 0.310 e. The summed E-state index contributed by atoms with van der Waals surface area (Å²) >= 11 is 0. The SMILES string of the molecule is CCCNC(c1cncc(C)c1)C1CC1(C)C. The van der Waals surface area contributed by atoms with Crippen LogP contribution in [0.15, 0.2) is 18.5 Å². The van der Waals surface area contributed by atoms with Crippen molar-refractivity contribution in [1.82, 2.24) is 10.3 Å². The van der Waals surface area contributed by atoms with Crippen molar-refractivity contribution in [2.24, 2.45) is 11.3 Å². The van der Waals surface area contributed by atoms with Crippen LogP contribution in [0.1, 0.15) is 50.8 Å². The fourth-order valence-electron chi connectivity index (χ4n) is 2.62. The number of hydrogen-bond donors (Lipinski definition) is 1.